The van der Waals surface area contributed by atoms with Gasteiger partial charge in [0.15, 0.2) is 0 Å². The number of amides is 4. The fourth-order valence-corrected chi connectivity index (χ4v) is 3.14. The number of aldehydes is 1. The molecular weight excluding hydrogens is 577 g/mol. The normalized spacial score (nSPS) is 13.8. The third-order valence-corrected chi connectivity index (χ3v) is 5.06. The Labute approximate surface area is 239 Å². The summed E-state index contributed by atoms with van der Waals surface area (Å²) in [5.74, 6) is -8.56. The topological polar surface area (TPSA) is 245 Å². The lowest BCUT2D eigenvalue weighted by Gasteiger charge is -2.27. The van der Waals surface area contributed by atoms with Crippen LogP contribution in [0, 0.1) is 11.8 Å². The maximum atomic E-state index is 13.0. The first-order valence-electron chi connectivity index (χ1n) is 12.5. The highest BCUT2D eigenvalue weighted by molar-refractivity contribution is 5.95. The molecular formula is C24H37F3N4O11. The molecule has 0 fully saturated rings. The maximum Gasteiger partial charge on any atom is 0.490 e. The van der Waals surface area contributed by atoms with Gasteiger partial charge in [0.2, 0.25) is 23.6 Å². The zero-order valence-corrected chi connectivity index (χ0v) is 23.6. The van der Waals surface area contributed by atoms with Crippen LogP contribution in [0.15, 0.2) is 0 Å². The number of hydrogen-bond donors (Lipinski definition) is 7. The molecule has 18 heteroatoms. The van der Waals surface area contributed by atoms with Crippen molar-refractivity contribution >= 4 is 47.8 Å². The number of halogens is 3. The second-order valence-electron chi connectivity index (χ2n) is 9.76. The van der Waals surface area contributed by atoms with Crippen LogP contribution < -0.4 is 21.3 Å². The molecule has 0 bridgehead atoms. The molecule has 7 N–H and O–H groups in total. The van der Waals surface area contributed by atoms with Gasteiger partial charge >= 0.3 is 24.1 Å². The average molecular weight is 615 g/mol. The van der Waals surface area contributed by atoms with Crippen LogP contribution in [0.2, 0.25) is 0 Å². The summed E-state index contributed by atoms with van der Waals surface area (Å²) < 4.78 is 31.7. The Hall–Kier alpha value is -4.25. The van der Waals surface area contributed by atoms with Gasteiger partial charge in [-0.1, -0.05) is 27.7 Å². The Balaban J connectivity index is 0. The predicted molar refractivity (Wildman–Crippen MR) is 137 cm³/mol. The zero-order valence-electron chi connectivity index (χ0n) is 23.6. The van der Waals surface area contributed by atoms with Crippen LogP contribution in [-0.2, 0) is 38.4 Å². The summed E-state index contributed by atoms with van der Waals surface area (Å²) in [4.78, 5) is 91.8. The Morgan fingerprint density at radius 3 is 1.62 bits per heavy atom. The van der Waals surface area contributed by atoms with Crippen LogP contribution in [0.1, 0.15) is 60.3 Å². The molecule has 0 aromatic carbocycles. The van der Waals surface area contributed by atoms with Crippen molar-refractivity contribution in [1.82, 2.24) is 21.3 Å². The highest BCUT2D eigenvalue weighted by atomic mass is 19.4. The van der Waals surface area contributed by atoms with Crippen LogP contribution in [0.3, 0.4) is 0 Å². The van der Waals surface area contributed by atoms with Crippen LogP contribution in [0.5, 0.6) is 0 Å². The van der Waals surface area contributed by atoms with Gasteiger partial charge in [-0.25, -0.2) is 4.79 Å². The van der Waals surface area contributed by atoms with Gasteiger partial charge in [-0.15, -0.1) is 0 Å². The Morgan fingerprint density at radius 2 is 1.26 bits per heavy atom. The van der Waals surface area contributed by atoms with Crippen LogP contribution in [-0.4, -0.2) is 93.5 Å². The number of nitrogens with one attached hydrogen (secondary N) is 4. The zero-order chi connectivity index (χ0) is 33.4. The van der Waals surface area contributed by atoms with Gasteiger partial charge in [0.25, 0.3) is 0 Å². The molecule has 4 amide bonds. The summed E-state index contributed by atoms with van der Waals surface area (Å²) in [5.41, 5.74) is 0. The number of aliphatic carboxylic acids is 3. The molecule has 0 aliphatic carbocycles. The first-order valence-corrected chi connectivity index (χ1v) is 12.5. The molecule has 0 aliphatic rings. The lowest BCUT2D eigenvalue weighted by molar-refractivity contribution is -0.192. The van der Waals surface area contributed by atoms with Gasteiger partial charge in [0.1, 0.15) is 24.4 Å². The lowest BCUT2D eigenvalue weighted by atomic mass is 10.0. The standard InChI is InChI=1S/C22H36N4O9.C2HF3O2/c1-11(2)8-16(23-13(5)28)21(34)25-15(6-7-17(29)30)20(33)26-19(12(3)4)22(35)24-14(10-27)9-18(31)32;3-2(4,5)1(6)7/h10-12,14-16,19H,6-9H2,1-5H3,(H,23,28)(H,24,35)(H,25,34)(H,26,33)(H,29,30)(H,31,32);(H,6,7)/t14-,15-,16-,19-;/m0./s1. The summed E-state index contributed by atoms with van der Waals surface area (Å²) in [7, 11) is 0. The number of alkyl halides is 3. The molecule has 0 radical (unpaired) electrons. The van der Waals surface area contributed by atoms with Crippen LogP contribution in [0.4, 0.5) is 13.2 Å². The Bertz CT molecular complexity index is 987. The molecule has 15 nitrogen and oxygen atoms in total. The molecule has 0 rings (SSSR count). The predicted octanol–water partition coefficient (Wildman–Crippen LogP) is -0.181. The van der Waals surface area contributed by atoms with Crippen molar-refractivity contribution in [3.8, 4) is 0 Å². The highest BCUT2D eigenvalue weighted by Crippen LogP contribution is 2.13. The minimum absolute atomic E-state index is 0.0227. The van der Waals surface area contributed by atoms with E-state index in [1.807, 2.05) is 13.8 Å². The fourth-order valence-electron chi connectivity index (χ4n) is 3.14. The number of carboxylic acid groups (broad SMARTS) is 3. The van der Waals surface area contributed by atoms with Gasteiger partial charge < -0.3 is 41.4 Å². The van der Waals surface area contributed by atoms with E-state index in [0.29, 0.717) is 0 Å². The molecule has 0 unspecified atom stereocenters. The van der Waals surface area contributed by atoms with E-state index in [1.165, 1.54) is 6.92 Å². The molecule has 240 valence electrons. The van der Waals surface area contributed by atoms with E-state index in [1.54, 1.807) is 13.8 Å². The number of hydrogen-bond acceptors (Lipinski definition) is 8. The number of rotatable bonds is 16. The lowest BCUT2D eigenvalue weighted by Crippen LogP contribution is -2.58. The minimum Gasteiger partial charge on any atom is -0.481 e. The molecule has 0 aromatic heterocycles. The van der Waals surface area contributed by atoms with E-state index in [2.05, 4.69) is 21.3 Å². The van der Waals surface area contributed by atoms with Gasteiger partial charge in [-0.2, -0.15) is 13.2 Å². The van der Waals surface area contributed by atoms with Crippen molar-refractivity contribution in [2.75, 3.05) is 0 Å². The largest absolute Gasteiger partial charge is 0.490 e. The SMILES string of the molecule is CC(=O)N[C@@H](CC(C)C)C(=O)N[C@@H](CCC(=O)O)C(=O)N[C@H](C(=O)N[C@H](C=O)CC(=O)O)C(C)C.O=C(O)C(F)(F)F. The van der Waals surface area contributed by atoms with Gasteiger partial charge in [-0.3, -0.25) is 28.8 Å². The monoisotopic (exact) mass is 614 g/mol. The smallest absolute Gasteiger partial charge is 0.481 e. The van der Waals surface area contributed by atoms with Crippen LogP contribution in [0.25, 0.3) is 0 Å². The van der Waals surface area contributed by atoms with Gasteiger partial charge in [-0.05, 0) is 24.7 Å². The maximum absolute atomic E-state index is 13.0. The fraction of sp³-hybridized carbons (Fsp3) is 0.667. The summed E-state index contributed by atoms with van der Waals surface area (Å²) in [6.07, 6.45) is -5.95. The van der Waals surface area contributed by atoms with Gasteiger partial charge in [0.05, 0.1) is 12.5 Å². The van der Waals surface area contributed by atoms with E-state index < -0.39 is 90.6 Å². The molecule has 0 spiro atoms. The third kappa shape index (κ3) is 18.2. The van der Waals surface area contributed by atoms with E-state index in [9.17, 15) is 46.7 Å². The molecule has 4 atom stereocenters. The molecule has 0 saturated carbocycles. The second-order valence-corrected chi connectivity index (χ2v) is 9.76. The molecule has 0 aliphatic heterocycles. The van der Waals surface area contributed by atoms with Crippen molar-refractivity contribution in [1.29, 1.82) is 0 Å². The van der Waals surface area contributed by atoms with Crippen molar-refractivity contribution in [2.24, 2.45) is 11.8 Å². The summed E-state index contributed by atoms with van der Waals surface area (Å²) in [5, 5.41) is 34.6. The van der Waals surface area contributed by atoms with Crippen molar-refractivity contribution in [2.45, 2.75) is 90.6 Å². The second kappa shape index (κ2) is 19.0. The Morgan fingerprint density at radius 1 is 0.762 bits per heavy atom. The Kier molecular flexibility index (Phi) is 18.0. The third-order valence-electron chi connectivity index (χ3n) is 5.06. The molecule has 0 heterocycles. The molecule has 0 saturated heterocycles. The minimum atomic E-state index is -5.08. The first-order chi connectivity index (χ1) is 19.1. The van der Waals surface area contributed by atoms with Gasteiger partial charge in [0, 0.05) is 13.3 Å². The quantitative estimate of drug-likeness (QED) is 0.112. The summed E-state index contributed by atoms with van der Waals surface area (Å²) >= 11 is 0. The summed E-state index contributed by atoms with van der Waals surface area (Å²) in [6, 6.07) is -4.81. The average Bonchev–Trinajstić information content (AvgIpc) is 2.82. The van der Waals surface area contributed by atoms with E-state index in [-0.39, 0.29) is 25.0 Å². The van der Waals surface area contributed by atoms with E-state index >= 15 is 0 Å². The van der Waals surface area contributed by atoms with Crippen molar-refractivity contribution < 1.29 is 66.8 Å². The molecule has 42 heavy (non-hydrogen) atoms. The summed E-state index contributed by atoms with van der Waals surface area (Å²) in [6.45, 7) is 8.09. The van der Waals surface area contributed by atoms with E-state index in [4.69, 9.17) is 20.1 Å². The number of carboxylic acids is 3. The first kappa shape index (κ1) is 39.9. The van der Waals surface area contributed by atoms with Crippen molar-refractivity contribution in [3.63, 3.8) is 0 Å². The molecule has 0 aromatic rings. The highest BCUT2D eigenvalue weighted by Gasteiger charge is 2.38. The number of carbonyl (C=O) groups is 8. The number of carbonyl (C=O) groups excluding carboxylic acids is 5. The van der Waals surface area contributed by atoms with Crippen LogP contribution >= 0.6 is 0 Å². The van der Waals surface area contributed by atoms with E-state index in [0.717, 1.165) is 0 Å². The van der Waals surface area contributed by atoms with Crippen molar-refractivity contribution in [3.05, 3.63) is 0 Å².